The van der Waals surface area contributed by atoms with Crippen LogP contribution in [0, 0.1) is 11.6 Å². The Labute approximate surface area is 94.3 Å². The summed E-state index contributed by atoms with van der Waals surface area (Å²) in [7, 11) is 0. The number of hydrogen-bond acceptors (Lipinski definition) is 2. The van der Waals surface area contributed by atoms with Crippen molar-refractivity contribution in [3.8, 4) is 5.69 Å². The Morgan fingerprint density at radius 2 is 1.88 bits per heavy atom. The molecule has 0 atom stereocenters. The highest BCUT2D eigenvalue weighted by atomic mass is 35.5. The maximum Gasteiger partial charge on any atom is 0.154 e. The fourth-order valence-corrected chi connectivity index (χ4v) is 1.50. The first-order chi connectivity index (χ1) is 7.61. The third-order valence-corrected chi connectivity index (χ3v) is 2.33. The maximum absolute atomic E-state index is 12.9. The summed E-state index contributed by atoms with van der Waals surface area (Å²) in [5.74, 6) is -1.48. The van der Waals surface area contributed by atoms with Crippen LogP contribution in [-0.4, -0.2) is 16.1 Å². The van der Waals surface area contributed by atoms with Gasteiger partial charge in [0.2, 0.25) is 0 Å². The first kappa shape index (κ1) is 10.8. The molecule has 16 heavy (non-hydrogen) atoms. The lowest BCUT2D eigenvalue weighted by atomic mass is 10.3. The lowest BCUT2D eigenvalue weighted by Gasteiger charge is -2.03. The van der Waals surface area contributed by atoms with Crippen molar-refractivity contribution < 1.29 is 13.6 Å². The second kappa shape index (κ2) is 4.02. The van der Waals surface area contributed by atoms with Gasteiger partial charge >= 0.3 is 0 Å². The molecule has 0 saturated heterocycles. The SMILES string of the molecule is O=Cc1cnn(-c2cc(F)cc(F)c2)c1Cl. The number of nitrogens with zero attached hydrogens (tertiary/aromatic N) is 2. The van der Waals surface area contributed by atoms with E-state index in [9.17, 15) is 13.6 Å². The van der Waals surface area contributed by atoms with Gasteiger partial charge in [-0.2, -0.15) is 5.10 Å². The molecule has 6 heteroatoms. The van der Waals surface area contributed by atoms with E-state index in [0.29, 0.717) is 6.29 Å². The number of hydrogen-bond donors (Lipinski definition) is 0. The van der Waals surface area contributed by atoms with Gasteiger partial charge < -0.3 is 0 Å². The Hall–Kier alpha value is -1.75. The van der Waals surface area contributed by atoms with Crippen LogP contribution in [-0.2, 0) is 0 Å². The summed E-state index contributed by atoms with van der Waals surface area (Å²) in [5, 5.41) is 3.77. The normalized spacial score (nSPS) is 10.4. The summed E-state index contributed by atoms with van der Waals surface area (Å²) >= 11 is 5.79. The average molecular weight is 243 g/mol. The van der Waals surface area contributed by atoms with E-state index in [-0.39, 0.29) is 16.4 Å². The molecule has 0 amide bonds. The Bertz CT molecular complexity index is 533. The Morgan fingerprint density at radius 3 is 2.38 bits per heavy atom. The van der Waals surface area contributed by atoms with E-state index in [1.807, 2.05) is 0 Å². The van der Waals surface area contributed by atoms with Crippen LogP contribution in [0.5, 0.6) is 0 Å². The van der Waals surface area contributed by atoms with Gasteiger partial charge in [-0.1, -0.05) is 11.6 Å². The van der Waals surface area contributed by atoms with E-state index in [4.69, 9.17) is 11.6 Å². The highest BCUT2D eigenvalue weighted by molar-refractivity contribution is 6.32. The summed E-state index contributed by atoms with van der Waals surface area (Å²) in [4.78, 5) is 10.5. The number of carbonyl (C=O) groups is 1. The molecule has 0 fully saturated rings. The molecule has 82 valence electrons. The first-order valence-corrected chi connectivity index (χ1v) is 4.65. The van der Waals surface area contributed by atoms with Crippen molar-refractivity contribution in [3.05, 3.63) is 46.7 Å². The molecule has 0 N–H and O–H groups in total. The average Bonchev–Trinajstić information content (AvgIpc) is 2.58. The van der Waals surface area contributed by atoms with Crippen molar-refractivity contribution in [2.45, 2.75) is 0 Å². The second-order valence-electron chi connectivity index (χ2n) is 3.05. The molecule has 0 radical (unpaired) electrons. The van der Waals surface area contributed by atoms with E-state index < -0.39 is 11.6 Å². The number of rotatable bonds is 2. The summed E-state index contributed by atoms with van der Waals surface area (Å²) in [5.41, 5.74) is 0.280. The molecule has 0 aliphatic carbocycles. The molecule has 1 heterocycles. The van der Waals surface area contributed by atoms with Gasteiger partial charge in [-0.15, -0.1) is 0 Å². The number of benzene rings is 1. The Kier molecular flexibility index (Phi) is 2.70. The molecule has 1 aromatic carbocycles. The van der Waals surface area contributed by atoms with Crippen LogP contribution < -0.4 is 0 Å². The zero-order valence-electron chi connectivity index (χ0n) is 7.82. The minimum Gasteiger partial charge on any atom is -0.298 e. The molecule has 0 spiro atoms. The van der Waals surface area contributed by atoms with Gasteiger partial charge in [0.1, 0.15) is 16.8 Å². The molecule has 3 nitrogen and oxygen atoms in total. The standard InChI is InChI=1S/C10H5ClF2N2O/c11-10-6(5-16)4-14-15(10)9-2-7(12)1-8(13)3-9/h1-5H. The summed E-state index contributed by atoms with van der Waals surface area (Å²) < 4.78 is 27.0. The number of aromatic nitrogens is 2. The quantitative estimate of drug-likeness (QED) is 0.759. The zero-order chi connectivity index (χ0) is 11.7. The molecular weight excluding hydrogens is 238 g/mol. The van der Waals surface area contributed by atoms with Crippen LogP contribution in [0.1, 0.15) is 10.4 Å². The molecule has 0 unspecified atom stereocenters. The zero-order valence-corrected chi connectivity index (χ0v) is 8.58. The third kappa shape index (κ3) is 1.81. The van der Waals surface area contributed by atoms with Gasteiger partial charge in [0.25, 0.3) is 0 Å². The van der Waals surface area contributed by atoms with Crippen molar-refractivity contribution in [1.29, 1.82) is 0 Å². The number of halogens is 3. The van der Waals surface area contributed by atoms with Crippen molar-refractivity contribution in [2.24, 2.45) is 0 Å². The van der Waals surface area contributed by atoms with Crippen LogP contribution in [0.15, 0.2) is 24.4 Å². The predicted octanol–water partition coefficient (Wildman–Crippen LogP) is 2.62. The van der Waals surface area contributed by atoms with E-state index >= 15 is 0 Å². The van der Waals surface area contributed by atoms with Crippen LogP contribution >= 0.6 is 11.6 Å². The van der Waals surface area contributed by atoms with E-state index in [0.717, 1.165) is 22.9 Å². The van der Waals surface area contributed by atoms with Gasteiger partial charge in [-0.3, -0.25) is 4.79 Å². The van der Waals surface area contributed by atoms with Crippen LogP contribution in [0.3, 0.4) is 0 Å². The smallest absolute Gasteiger partial charge is 0.154 e. The van der Waals surface area contributed by atoms with Gasteiger partial charge in [-0.05, 0) is 12.1 Å². The monoisotopic (exact) mass is 242 g/mol. The van der Waals surface area contributed by atoms with Crippen LogP contribution in [0.25, 0.3) is 5.69 Å². The van der Waals surface area contributed by atoms with Gasteiger partial charge in [-0.25, -0.2) is 13.5 Å². The van der Waals surface area contributed by atoms with Crippen LogP contribution in [0.4, 0.5) is 8.78 Å². The molecule has 2 rings (SSSR count). The number of aldehydes is 1. The highest BCUT2D eigenvalue weighted by Gasteiger charge is 2.10. The lowest BCUT2D eigenvalue weighted by molar-refractivity contribution is 0.112. The number of carbonyl (C=O) groups excluding carboxylic acids is 1. The van der Waals surface area contributed by atoms with E-state index in [1.165, 1.54) is 6.20 Å². The van der Waals surface area contributed by atoms with Gasteiger partial charge in [0, 0.05) is 6.07 Å². The Balaban J connectivity index is 2.58. The Morgan fingerprint density at radius 1 is 1.25 bits per heavy atom. The maximum atomic E-state index is 12.9. The first-order valence-electron chi connectivity index (χ1n) is 4.27. The lowest BCUT2D eigenvalue weighted by Crippen LogP contribution is -1.98. The minimum atomic E-state index is -0.741. The molecule has 2 aromatic rings. The summed E-state index contributed by atoms with van der Waals surface area (Å²) in [6, 6.07) is 2.87. The fraction of sp³-hybridized carbons (Fsp3) is 0. The molecular formula is C10H5ClF2N2O. The van der Waals surface area contributed by atoms with Crippen molar-refractivity contribution in [2.75, 3.05) is 0 Å². The van der Waals surface area contributed by atoms with Crippen molar-refractivity contribution in [1.82, 2.24) is 9.78 Å². The van der Waals surface area contributed by atoms with Crippen LogP contribution in [0.2, 0.25) is 5.15 Å². The molecule has 0 saturated carbocycles. The largest absolute Gasteiger partial charge is 0.298 e. The van der Waals surface area contributed by atoms with E-state index in [2.05, 4.69) is 5.10 Å². The van der Waals surface area contributed by atoms with Crippen molar-refractivity contribution >= 4 is 17.9 Å². The molecule has 0 aliphatic rings. The topological polar surface area (TPSA) is 34.9 Å². The summed E-state index contributed by atoms with van der Waals surface area (Å²) in [6.07, 6.45) is 1.74. The van der Waals surface area contributed by atoms with Gasteiger partial charge in [0.15, 0.2) is 6.29 Å². The fourth-order valence-electron chi connectivity index (χ4n) is 1.27. The van der Waals surface area contributed by atoms with Gasteiger partial charge in [0.05, 0.1) is 17.4 Å². The second-order valence-corrected chi connectivity index (χ2v) is 3.41. The minimum absolute atomic E-state index is 0.0139. The molecule has 0 bridgehead atoms. The predicted molar refractivity (Wildman–Crippen MR) is 53.9 cm³/mol. The highest BCUT2D eigenvalue weighted by Crippen LogP contribution is 2.20. The molecule has 0 aliphatic heterocycles. The summed E-state index contributed by atoms with van der Waals surface area (Å²) in [6.45, 7) is 0. The third-order valence-electron chi connectivity index (χ3n) is 1.96. The molecule has 1 aromatic heterocycles. The van der Waals surface area contributed by atoms with E-state index in [1.54, 1.807) is 0 Å². The van der Waals surface area contributed by atoms with Crippen molar-refractivity contribution in [3.63, 3.8) is 0 Å².